The van der Waals surface area contributed by atoms with Crippen LogP contribution in [0.15, 0.2) is 29.2 Å². The Bertz CT molecular complexity index is 552. The molecular formula is C17H23F3N2O2S. The molecule has 1 aromatic carbocycles. The highest BCUT2D eigenvalue weighted by Crippen LogP contribution is 2.22. The molecular weight excluding hydrogens is 353 g/mol. The predicted octanol–water partition coefficient (Wildman–Crippen LogP) is 3.27. The lowest BCUT2D eigenvalue weighted by molar-refractivity contribution is -0.145. The highest BCUT2D eigenvalue weighted by Gasteiger charge is 2.31. The smallest absolute Gasteiger partial charge is 0.401 e. The van der Waals surface area contributed by atoms with Crippen molar-refractivity contribution in [2.45, 2.75) is 24.4 Å². The number of hydrogen-bond donors (Lipinski definition) is 0. The summed E-state index contributed by atoms with van der Waals surface area (Å²) < 4.78 is 42.8. The maximum absolute atomic E-state index is 12.5. The molecule has 1 aliphatic rings. The maximum atomic E-state index is 12.5. The average Bonchev–Trinajstić information content (AvgIpc) is 2.78. The molecule has 0 aromatic heterocycles. The molecule has 1 fully saturated rings. The number of ether oxygens (including phenoxy) is 1. The Kier molecular flexibility index (Phi) is 7.43. The first-order valence-electron chi connectivity index (χ1n) is 8.30. The lowest BCUT2D eigenvalue weighted by Crippen LogP contribution is -2.39. The van der Waals surface area contributed by atoms with Crippen LogP contribution in [0.2, 0.25) is 0 Å². The van der Waals surface area contributed by atoms with Gasteiger partial charge in [-0.1, -0.05) is 0 Å². The SMILES string of the molecule is CCOc1ccc(SCC(=O)N2CCCN(CC(F)(F)F)CC2)cc1. The fourth-order valence-electron chi connectivity index (χ4n) is 2.67. The molecule has 1 aromatic rings. The summed E-state index contributed by atoms with van der Waals surface area (Å²) >= 11 is 1.43. The Morgan fingerprint density at radius 3 is 2.52 bits per heavy atom. The summed E-state index contributed by atoms with van der Waals surface area (Å²) in [4.78, 5) is 16.3. The summed E-state index contributed by atoms with van der Waals surface area (Å²) in [5.74, 6) is 1.04. The van der Waals surface area contributed by atoms with Crippen molar-refractivity contribution in [1.82, 2.24) is 9.80 Å². The third kappa shape index (κ3) is 7.15. The van der Waals surface area contributed by atoms with Gasteiger partial charge in [-0.15, -0.1) is 11.8 Å². The largest absolute Gasteiger partial charge is 0.494 e. The molecule has 0 atom stereocenters. The molecule has 1 amide bonds. The normalized spacial score (nSPS) is 16.6. The molecule has 25 heavy (non-hydrogen) atoms. The Morgan fingerprint density at radius 1 is 1.16 bits per heavy atom. The van der Waals surface area contributed by atoms with Gasteiger partial charge in [0.15, 0.2) is 0 Å². The molecule has 0 aliphatic carbocycles. The first-order chi connectivity index (χ1) is 11.9. The number of nitrogens with zero attached hydrogens (tertiary/aromatic N) is 2. The second kappa shape index (κ2) is 9.33. The summed E-state index contributed by atoms with van der Waals surface area (Å²) in [7, 11) is 0. The van der Waals surface area contributed by atoms with Crippen molar-refractivity contribution in [1.29, 1.82) is 0 Å². The van der Waals surface area contributed by atoms with Gasteiger partial charge in [0.05, 0.1) is 18.9 Å². The van der Waals surface area contributed by atoms with Gasteiger partial charge in [0.1, 0.15) is 5.75 Å². The van der Waals surface area contributed by atoms with E-state index in [-0.39, 0.29) is 18.2 Å². The van der Waals surface area contributed by atoms with Crippen molar-refractivity contribution in [2.24, 2.45) is 0 Å². The molecule has 140 valence electrons. The summed E-state index contributed by atoms with van der Waals surface area (Å²) in [6, 6.07) is 7.52. The minimum absolute atomic E-state index is 0.0345. The fraction of sp³-hybridized carbons (Fsp3) is 0.588. The molecule has 8 heteroatoms. The van der Waals surface area contributed by atoms with Crippen molar-refractivity contribution in [3.05, 3.63) is 24.3 Å². The molecule has 0 radical (unpaired) electrons. The van der Waals surface area contributed by atoms with E-state index < -0.39 is 12.7 Å². The third-order valence-electron chi connectivity index (χ3n) is 3.84. The van der Waals surface area contributed by atoms with E-state index in [0.29, 0.717) is 32.7 Å². The number of benzene rings is 1. The van der Waals surface area contributed by atoms with Crippen LogP contribution in [0.1, 0.15) is 13.3 Å². The lowest BCUT2D eigenvalue weighted by Gasteiger charge is -2.22. The standard InChI is InChI=1S/C17H23F3N2O2S/c1-2-24-14-4-6-15(7-5-14)25-12-16(23)22-9-3-8-21(10-11-22)13-17(18,19)20/h4-7H,2-3,8-13H2,1H3. The van der Waals surface area contributed by atoms with Crippen molar-refractivity contribution in [3.63, 3.8) is 0 Å². The van der Waals surface area contributed by atoms with Crippen LogP contribution in [0, 0.1) is 0 Å². The highest BCUT2D eigenvalue weighted by molar-refractivity contribution is 8.00. The Balaban J connectivity index is 1.78. The van der Waals surface area contributed by atoms with Crippen LogP contribution in [-0.4, -0.2) is 67.0 Å². The number of thioether (sulfide) groups is 1. The van der Waals surface area contributed by atoms with Gasteiger partial charge in [-0.05, 0) is 37.6 Å². The van der Waals surface area contributed by atoms with Crippen LogP contribution >= 0.6 is 11.8 Å². The molecule has 0 saturated carbocycles. The van der Waals surface area contributed by atoms with Crippen LogP contribution in [-0.2, 0) is 4.79 Å². The molecule has 4 nitrogen and oxygen atoms in total. The quantitative estimate of drug-likeness (QED) is 0.714. The molecule has 1 saturated heterocycles. The molecule has 0 unspecified atom stereocenters. The summed E-state index contributed by atoms with van der Waals surface area (Å²) in [5, 5.41) is 0. The van der Waals surface area contributed by atoms with E-state index in [9.17, 15) is 18.0 Å². The van der Waals surface area contributed by atoms with E-state index in [4.69, 9.17) is 4.74 Å². The molecule has 1 aliphatic heterocycles. The van der Waals surface area contributed by atoms with Gasteiger partial charge in [0, 0.05) is 31.1 Å². The van der Waals surface area contributed by atoms with Gasteiger partial charge in [0.25, 0.3) is 0 Å². The van der Waals surface area contributed by atoms with E-state index in [0.717, 1.165) is 10.6 Å². The molecule has 0 N–H and O–H groups in total. The highest BCUT2D eigenvalue weighted by atomic mass is 32.2. The van der Waals surface area contributed by atoms with Crippen molar-refractivity contribution in [2.75, 3.05) is 45.1 Å². The van der Waals surface area contributed by atoms with E-state index in [1.165, 1.54) is 16.7 Å². The van der Waals surface area contributed by atoms with Gasteiger partial charge in [-0.25, -0.2) is 0 Å². The fourth-order valence-corrected chi connectivity index (χ4v) is 3.47. The number of amides is 1. The van der Waals surface area contributed by atoms with Crippen molar-refractivity contribution >= 4 is 17.7 Å². The number of carbonyl (C=O) groups excluding carboxylic acids is 1. The van der Waals surface area contributed by atoms with Gasteiger partial charge in [-0.2, -0.15) is 13.2 Å². The first-order valence-corrected chi connectivity index (χ1v) is 9.28. The first kappa shape index (κ1) is 19.9. The third-order valence-corrected chi connectivity index (χ3v) is 4.84. The zero-order valence-electron chi connectivity index (χ0n) is 14.2. The topological polar surface area (TPSA) is 32.8 Å². The lowest BCUT2D eigenvalue weighted by atomic mass is 10.3. The summed E-state index contributed by atoms with van der Waals surface area (Å²) in [6.45, 7) is 3.10. The van der Waals surface area contributed by atoms with Crippen LogP contribution in [0.4, 0.5) is 13.2 Å². The monoisotopic (exact) mass is 376 g/mol. The predicted molar refractivity (Wildman–Crippen MR) is 92.0 cm³/mol. The number of hydrogen-bond acceptors (Lipinski definition) is 4. The summed E-state index contributed by atoms with van der Waals surface area (Å²) in [5.41, 5.74) is 0. The van der Waals surface area contributed by atoms with Crippen molar-refractivity contribution in [3.8, 4) is 5.75 Å². The van der Waals surface area contributed by atoms with Crippen molar-refractivity contribution < 1.29 is 22.7 Å². The van der Waals surface area contributed by atoms with E-state index in [1.807, 2.05) is 31.2 Å². The average molecular weight is 376 g/mol. The van der Waals surface area contributed by atoms with Gasteiger partial charge in [0.2, 0.25) is 5.91 Å². The Hall–Kier alpha value is -1.41. The second-order valence-electron chi connectivity index (χ2n) is 5.82. The minimum atomic E-state index is -4.19. The number of rotatable bonds is 6. The maximum Gasteiger partial charge on any atom is 0.401 e. The van der Waals surface area contributed by atoms with Gasteiger partial charge in [-0.3, -0.25) is 9.69 Å². The number of alkyl halides is 3. The minimum Gasteiger partial charge on any atom is -0.494 e. The van der Waals surface area contributed by atoms with E-state index in [1.54, 1.807) is 4.90 Å². The summed E-state index contributed by atoms with van der Waals surface area (Å²) in [6.07, 6.45) is -3.63. The molecule has 1 heterocycles. The Labute approximate surface area is 150 Å². The molecule has 0 spiro atoms. The zero-order chi connectivity index (χ0) is 18.3. The zero-order valence-corrected chi connectivity index (χ0v) is 15.0. The van der Waals surface area contributed by atoms with E-state index in [2.05, 4.69) is 0 Å². The number of halogens is 3. The van der Waals surface area contributed by atoms with Crippen LogP contribution < -0.4 is 4.74 Å². The van der Waals surface area contributed by atoms with Gasteiger partial charge < -0.3 is 9.64 Å². The van der Waals surface area contributed by atoms with Crippen LogP contribution in [0.5, 0.6) is 5.75 Å². The molecule has 2 rings (SSSR count). The van der Waals surface area contributed by atoms with Gasteiger partial charge >= 0.3 is 6.18 Å². The Morgan fingerprint density at radius 2 is 1.88 bits per heavy atom. The number of carbonyl (C=O) groups is 1. The van der Waals surface area contributed by atoms with Crippen LogP contribution in [0.25, 0.3) is 0 Å². The second-order valence-corrected chi connectivity index (χ2v) is 6.87. The van der Waals surface area contributed by atoms with E-state index >= 15 is 0 Å². The molecule has 0 bridgehead atoms. The van der Waals surface area contributed by atoms with Crippen LogP contribution in [0.3, 0.4) is 0 Å².